The van der Waals surface area contributed by atoms with Gasteiger partial charge in [0.05, 0.1) is 18.6 Å². The minimum absolute atomic E-state index is 0.251. The predicted octanol–water partition coefficient (Wildman–Crippen LogP) is 2.30. The number of likely N-dealkylation sites (N-methyl/N-ethyl adjacent to an activating group) is 1. The highest BCUT2D eigenvalue weighted by Crippen LogP contribution is 2.33. The minimum Gasteiger partial charge on any atom is -0.493 e. The summed E-state index contributed by atoms with van der Waals surface area (Å²) in [7, 11) is 2.91. The molecular weight excluding hydrogens is 334 g/mol. The summed E-state index contributed by atoms with van der Waals surface area (Å²) >= 11 is 0.870. The van der Waals surface area contributed by atoms with Crippen molar-refractivity contribution < 1.29 is 28.6 Å². The van der Waals surface area contributed by atoms with E-state index < -0.39 is 5.97 Å². The number of hydrogen-bond acceptors (Lipinski definition) is 7. The third-order valence-electron chi connectivity index (χ3n) is 3.12. The van der Waals surface area contributed by atoms with Crippen molar-refractivity contribution in [2.45, 2.75) is 6.92 Å². The van der Waals surface area contributed by atoms with Gasteiger partial charge >= 0.3 is 5.97 Å². The molecule has 2 rings (SSSR count). The number of amides is 2. The van der Waals surface area contributed by atoms with E-state index >= 15 is 0 Å². The maximum Gasteiger partial charge on any atom is 0.344 e. The molecule has 2 amide bonds. The molecule has 0 aliphatic carbocycles. The second kappa shape index (κ2) is 7.87. The molecular formula is C16H17NO6S. The first-order chi connectivity index (χ1) is 11.5. The standard InChI is InChI=1S/C16H17NO6S/c1-4-22-14(18)9-23-12-7-10(5-6-11(12)21-3)8-13-15(19)17(2)16(20)24-13/h5-8H,4,9H2,1-3H3/b13-8-. The van der Waals surface area contributed by atoms with Crippen molar-refractivity contribution in [3.8, 4) is 11.5 Å². The van der Waals surface area contributed by atoms with Crippen LogP contribution >= 0.6 is 11.8 Å². The van der Waals surface area contributed by atoms with Crippen molar-refractivity contribution in [2.75, 3.05) is 27.4 Å². The maximum atomic E-state index is 11.9. The van der Waals surface area contributed by atoms with Crippen LogP contribution < -0.4 is 9.47 Å². The Balaban J connectivity index is 2.20. The largest absolute Gasteiger partial charge is 0.493 e. The average molecular weight is 351 g/mol. The van der Waals surface area contributed by atoms with Crippen molar-refractivity contribution in [1.29, 1.82) is 0 Å². The van der Waals surface area contributed by atoms with Crippen LogP contribution in [0.15, 0.2) is 23.1 Å². The number of ether oxygens (including phenoxy) is 3. The number of benzene rings is 1. The van der Waals surface area contributed by atoms with Crippen LogP contribution in [-0.4, -0.2) is 49.4 Å². The Bertz CT molecular complexity index is 700. The van der Waals surface area contributed by atoms with Crippen LogP contribution in [0.1, 0.15) is 12.5 Å². The number of carbonyl (C=O) groups is 3. The van der Waals surface area contributed by atoms with Crippen LogP contribution in [-0.2, 0) is 14.3 Å². The van der Waals surface area contributed by atoms with Crippen LogP contribution in [0.25, 0.3) is 6.08 Å². The molecule has 7 nitrogen and oxygen atoms in total. The van der Waals surface area contributed by atoms with E-state index in [-0.39, 0.29) is 24.4 Å². The van der Waals surface area contributed by atoms with E-state index in [0.717, 1.165) is 16.7 Å². The van der Waals surface area contributed by atoms with Gasteiger partial charge in [-0.15, -0.1) is 0 Å². The van der Waals surface area contributed by atoms with Gasteiger partial charge in [0.25, 0.3) is 11.1 Å². The zero-order valence-electron chi connectivity index (χ0n) is 13.5. The summed E-state index contributed by atoms with van der Waals surface area (Å²) in [6, 6.07) is 5.00. The highest BCUT2D eigenvalue weighted by atomic mass is 32.2. The van der Waals surface area contributed by atoms with E-state index in [9.17, 15) is 14.4 Å². The molecule has 0 radical (unpaired) electrons. The molecule has 0 N–H and O–H groups in total. The third-order valence-corrected chi connectivity index (χ3v) is 4.08. The summed E-state index contributed by atoms with van der Waals surface area (Å²) in [5, 5.41) is -0.321. The Morgan fingerprint density at radius 1 is 1.29 bits per heavy atom. The zero-order chi connectivity index (χ0) is 17.7. The Morgan fingerprint density at radius 3 is 2.62 bits per heavy atom. The quantitative estimate of drug-likeness (QED) is 0.574. The van der Waals surface area contributed by atoms with E-state index in [1.807, 2.05) is 0 Å². The second-order valence-electron chi connectivity index (χ2n) is 4.74. The molecule has 8 heteroatoms. The van der Waals surface area contributed by atoms with Gasteiger partial charge in [-0.25, -0.2) is 4.79 Å². The first-order valence-corrected chi connectivity index (χ1v) is 7.96. The lowest BCUT2D eigenvalue weighted by Crippen LogP contribution is -2.22. The van der Waals surface area contributed by atoms with Crippen LogP contribution in [0.2, 0.25) is 0 Å². The summed E-state index contributed by atoms with van der Waals surface area (Å²) in [5.74, 6) is -0.0538. The smallest absolute Gasteiger partial charge is 0.344 e. The number of esters is 1. The Hall–Kier alpha value is -2.48. The topological polar surface area (TPSA) is 82.1 Å². The molecule has 1 saturated heterocycles. The second-order valence-corrected chi connectivity index (χ2v) is 5.74. The van der Waals surface area contributed by atoms with Crippen molar-refractivity contribution in [1.82, 2.24) is 4.90 Å². The molecule has 0 spiro atoms. The molecule has 0 aromatic heterocycles. The summed E-state index contributed by atoms with van der Waals surface area (Å²) in [5.41, 5.74) is 0.647. The van der Waals surface area contributed by atoms with Gasteiger partial charge < -0.3 is 14.2 Å². The van der Waals surface area contributed by atoms with Crippen LogP contribution in [0.5, 0.6) is 11.5 Å². The lowest BCUT2D eigenvalue weighted by atomic mass is 10.2. The molecule has 0 atom stereocenters. The Kier molecular flexibility index (Phi) is 5.86. The lowest BCUT2D eigenvalue weighted by Gasteiger charge is -2.11. The van der Waals surface area contributed by atoms with Crippen molar-refractivity contribution in [3.63, 3.8) is 0 Å². The number of hydrogen-bond donors (Lipinski definition) is 0. The molecule has 1 fully saturated rings. The van der Waals surface area contributed by atoms with Gasteiger partial charge in [-0.05, 0) is 42.5 Å². The Labute approximate surface area is 143 Å². The molecule has 1 heterocycles. The van der Waals surface area contributed by atoms with Crippen molar-refractivity contribution >= 4 is 35.0 Å². The van der Waals surface area contributed by atoms with Gasteiger partial charge in [-0.1, -0.05) is 6.07 Å². The summed E-state index contributed by atoms with van der Waals surface area (Å²) in [6.45, 7) is 1.73. The maximum absolute atomic E-state index is 11.9. The van der Waals surface area contributed by atoms with Crippen LogP contribution in [0.3, 0.4) is 0 Å². The van der Waals surface area contributed by atoms with E-state index in [2.05, 4.69) is 0 Å². The lowest BCUT2D eigenvalue weighted by molar-refractivity contribution is -0.145. The van der Waals surface area contributed by atoms with E-state index in [1.54, 1.807) is 31.2 Å². The first-order valence-electron chi connectivity index (χ1n) is 7.14. The number of thioether (sulfide) groups is 1. The summed E-state index contributed by atoms with van der Waals surface area (Å²) in [4.78, 5) is 36.2. The molecule has 1 aromatic carbocycles. The van der Waals surface area contributed by atoms with Crippen LogP contribution in [0, 0.1) is 0 Å². The Morgan fingerprint density at radius 2 is 2.04 bits per heavy atom. The average Bonchev–Trinajstić information content (AvgIpc) is 2.80. The number of nitrogens with zero attached hydrogens (tertiary/aromatic N) is 1. The fourth-order valence-electron chi connectivity index (χ4n) is 1.93. The van der Waals surface area contributed by atoms with E-state index in [4.69, 9.17) is 14.2 Å². The van der Waals surface area contributed by atoms with Gasteiger partial charge in [0.2, 0.25) is 0 Å². The number of rotatable bonds is 6. The summed E-state index contributed by atoms with van der Waals surface area (Å²) in [6.07, 6.45) is 1.59. The molecule has 0 unspecified atom stereocenters. The minimum atomic E-state index is -0.489. The normalized spacial score (nSPS) is 15.8. The first kappa shape index (κ1) is 17.9. The molecule has 24 heavy (non-hydrogen) atoms. The number of methoxy groups -OCH3 is 1. The van der Waals surface area contributed by atoms with E-state index in [1.165, 1.54) is 14.2 Å². The molecule has 1 aromatic rings. The number of imide groups is 1. The van der Waals surface area contributed by atoms with Crippen molar-refractivity contribution in [2.24, 2.45) is 0 Å². The monoisotopic (exact) mass is 351 g/mol. The predicted molar refractivity (Wildman–Crippen MR) is 88.9 cm³/mol. The summed E-state index contributed by atoms with van der Waals surface area (Å²) < 4.78 is 15.4. The highest BCUT2D eigenvalue weighted by molar-refractivity contribution is 8.18. The van der Waals surface area contributed by atoms with Gasteiger partial charge in [0, 0.05) is 7.05 Å². The molecule has 0 saturated carbocycles. The van der Waals surface area contributed by atoms with Gasteiger partial charge in [0.1, 0.15) is 0 Å². The van der Waals surface area contributed by atoms with E-state index in [0.29, 0.717) is 22.0 Å². The van der Waals surface area contributed by atoms with Gasteiger partial charge in [-0.2, -0.15) is 0 Å². The molecule has 1 aliphatic heterocycles. The van der Waals surface area contributed by atoms with Crippen molar-refractivity contribution in [3.05, 3.63) is 28.7 Å². The SMILES string of the molecule is CCOC(=O)COc1cc(/C=C2\SC(=O)N(C)C2=O)ccc1OC. The van der Waals surface area contributed by atoms with Crippen LogP contribution in [0.4, 0.5) is 4.79 Å². The molecule has 0 bridgehead atoms. The van der Waals surface area contributed by atoms with Gasteiger partial charge in [0.15, 0.2) is 18.1 Å². The number of carbonyl (C=O) groups excluding carboxylic acids is 3. The van der Waals surface area contributed by atoms with Gasteiger partial charge in [-0.3, -0.25) is 14.5 Å². The highest BCUT2D eigenvalue weighted by Gasteiger charge is 2.31. The molecule has 128 valence electrons. The third kappa shape index (κ3) is 4.08. The zero-order valence-corrected chi connectivity index (χ0v) is 14.3. The fourth-order valence-corrected chi connectivity index (χ4v) is 2.76. The molecule has 1 aliphatic rings. The fraction of sp³-hybridized carbons (Fsp3) is 0.312.